The number of carbonyl (C=O) groups is 1. The zero-order chi connectivity index (χ0) is 20.2. The number of aromatic nitrogens is 6. The summed E-state index contributed by atoms with van der Waals surface area (Å²) in [6.07, 6.45) is 6.42. The minimum atomic E-state index is -0.429. The molecule has 2 N–H and O–H groups in total. The van der Waals surface area contributed by atoms with Crippen LogP contribution in [-0.2, 0) is 13.6 Å². The quantitative estimate of drug-likeness (QED) is 0.514. The van der Waals surface area contributed by atoms with Crippen molar-refractivity contribution in [2.75, 3.05) is 5.32 Å². The van der Waals surface area contributed by atoms with Gasteiger partial charge >= 0.3 is 5.91 Å². The Morgan fingerprint density at radius 2 is 2.07 bits per heavy atom. The highest BCUT2D eigenvalue weighted by molar-refractivity contribution is 5.90. The Morgan fingerprint density at radius 1 is 1.17 bits per heavy atom. The molecule has 10 heteroatoms. The summed E-state index contributed by atoms with van der Waals surface area (Å²) in [6.45, 7) is 2.14. The van der Waals surface area contributed by atoms with Crippen LogP contribution in [0, 0.1) is 6.92 Å². The van der Waals surface area contributed by atoms with Crippen LogP contribution in [0.1, 0.15) is 21.9 Å². The fraction of sp³-hybridized carbons (Fsp3) is 0.158. The number of aryl methyl sites for hydroxylation is 2. The highest BCUT2D eigenvalue weighted by Gasteiger charge is 2.17. The molecule has 0 bridgehead atoms. The van der Waals surface area contributed by atoms with Gasteiger partial charge in [0.2, 0.25) is 5.95 Å². The molecule has 4 rings (SSSR count). The number of hydrogen-bond acceptors (Lipinski definition) is 8. The van der Waals surface area contributed by atoms with E-state index in [0.717, 1.165) is 17.1 Å². The third-order valence-electron chi connectivity index (χ3n) is 4.13. The molecule has 0 fully saturated rings. The molecule has 29 heavy (non-hydrogen) atoms. The van der Waals surface area contributed by atoms with E-state index < -0.39 is 5.91 Å². The second-order valence-corrected chi connectivity index (χ2v) is 6.23. The molecule has 0 spiro atoms. The molecule has 4 aromatic heterocycles. The van der Waals surface area contributed by atoms with E-state index in [0.29, 0.717) is 17.3 Å². The van der Waals surface area contributed by atoms with Crippen molar-refractivity contribution in [2.24, 2.45) is 7.05 Å². The van der Waals surface area contributed by atoms with Crippen LogP contribution in [0.15, 0.2) is 53.5 Å². The summed E-state index contributed by atoms with van der Waals surface area (Å²) >= 11 is 0. The Balaban J connectivity index is 1.50. The molecule has 0 radical (unpaired) electrons. The van der Waals surface area contributed by atoms with Gasteiger partial charge in [0.25, 0.3) is 5.89 Å². The molecular weight excluding hydrogens is 372 g/mol. The van der Waals surface area contributed by atoms with Crippen molar-refractivity contribution in [1.82, 2.24) is 35.0 Å². The molecule has 1 amide bonds. The number of anilines is 2. The normalized spacial score (nSPS) is 10.7. The summed E-state index contributed by atoms with van der Waals surface area (Å²) in [7, 11) is 1.81. The second-order valence-electron chi connectivity index (χ2n) is 6.23. The summed E-state index contributed by atoms with van der Waals surface area (Å²) in [6, 6.07) is 7.30. The van der Waals surface area contributed by atoms with Crippen molar-refractivity contribution < 1.29 is 9.21 Å². The maximum Gasteiger partial charge on any atom is 0.307 e. The van der Waals surface area contributed by atoms with Gasteiger partial charge in [-0.15, -0.1) is 0 Å². The topological polar surface area (TPSA) is 124 Å². The van der Waals surface area contributed by atoms with E-state index in [2.05, 4.69) is 35.7 Å². The average molecular weight is 390 g/mol. The molecule has 146 valence electrons. The summed E-state index contributed by atoms with van der Waals surface area (Å²) < 4.78 is 7.02. The summed E-state index contributed by atoms with van der Waals surface area (Å²) in [5.74, 6) is 0.657. The number of amides is 1. The van der Waals surface area contributed by atoms with Crippen molar-refractivity contribution in [3.8, 4) is 11.4 Å². The predicted molar refractivity (Wildman–Crippen MR) is 104 cm³/mol. The Hall–Kier alpha value is -4.08. The first kappa shape index (κ1) is 18.3. The molecule has 0 aliphatic rings. The molecule has 4 aromatic rings. The van der Waals surface area contributed by atoms with E-state index in [1.54, 1.807) is 23.3 Å². The number of hydrogen-bond donors (Lipinski definition) is 2. The Morgan fingerprint density at radius 3 is 2.83 bits per heavy atom. The lowest BCUT2D eigenvalue weighted by molar-refractivity contribution is 0.0915. The first-order valence-electron chi connectivity index (χ1n) is 8.83. The molecule has 0 saturated carbocycles. The highest BCUT2D eigenvalue weighted by Crippen LogP contribution is 2.22. The number of nitrogens with one attached hydrogen (secondary N) is 2. The molecule has 0 saturated heterocycles. The standard InChI is InChI=1S/C19H18N8O2/c1-12-9-22-19(25-15-6-8-23-27(15)2)26-16(12)14-11-29-18(24-14)17(28)21-10-13-5-3-4-7-20-13/h3-9,11H,10H2,1-2H3,(H,21,28)(H,22,25,26). The maximum absolute atomic E-state index is 12.3. The van der Waals surface area contributed by atoms with E-state index in [9.17, 15) is 4.79 Å². The minimum absolute atomic E-state index is 0.0462. The van der Waals surface area contributed by atoms with Crippen molar-refractivity contribution in [2.45, 2.75) is 13.5 Å². The van der Waals surface area contributed by atoms with E-state index in [1.165, 1.54) is 6.26 Å². The lowest BCUT2D eigenvalue weighted by atomic mass is 10.2. The van der Waals surface area contributed by atoms with Crippen molar-refractivity contribution in [1.29, 1.82) is 0 Å². The van der Waals surface area contributed by atoms with Crippen LogP contribution in [0.2, 0.25) is 0 Å². The van der Waals surface area contributed by atoms with Gasteiger partial charge < -0.3 is 15.1 Å². The summed E-state index contributed by atoms with van der Waals surface area (Å²) in [4.78, 5) is 29.5. The van der Waals surface area contributed by atoms with Crippen LogP contribution >= 0.6 is 0 Å². The zero-order valence-corrected chi connectivity index (χ0v) is 15.8. The maximum atomic E-state index is 12.3. The number of rotatable bonds is 6. The fourth-order valence-corrected chi connectivity index (χ4v) is 2.61. The van der Waals surface area contributed by atoms with Gasteiger partial charge in [-0.05, 0) is 24.6 Å². The summed E-state index contributed by atoms with van der Waals surface area (Å²) in [5, 5.41) is 9.92. The van der Waals surface area contributed by atoms with Crippen molar-refractivity contribution in [3.05, 3.63) is 66.3 Å². The van der Waals surface area contributed by atoms with Crippen LogP contribution in [0.25, 0.3) is 11.4 Å². The minimum Gasteiger partial charge on any atom is -0.440 e. The third kappa shape index (κ3) is 4.10. The molecule has 4 heterocycles. The van der Waals surface area contributed by atoms with Gasteiger partial charge in [0, 0.05) is 25.5 Å². The molecular formula is C19H18N8O2. The number of carbonyl (C=O) groups excluding carboxylic acids is 1. The Labute approximate surface area is 166 Å². The van der Waals surface area contributed by atoms with Gasteiger partial charge in [-0.1, -0.05) is 6.07 Å². The van der Waals surface area contributed by atoms with Crippen molar-refractivity contribution in [3.63, 3.8) is 0 Å². The van der Waals surface area contributed by atoms with Gasteiger partial charge in [-0.2, -0.15) is 5.10 Å². The van der Waals surface area contributed by atoms with Gasteiger partial charge in [0.1, 0.15) is 23.5 Å². The molecule has 0 aliphatic heterocycles. The summed E-state index contributed by atoms with van der Waals surface area (Å²) in [5.41, 5.74) is 2.55. The highest BCUT2D eigenvalue weighted by atomic mass is 16.4. The average Bonchev–Trinajstić information content (AvgIpc) is 3.38. The van der Waals surface area contributed by atoms with Crippen LogP contribution in [-0.4, -0.2) is 35.6 Å². The van der Waals surface area contributed by atoms with Crippen LogP contribution in [0.5, 0.6) is 0 Å². The van der Waals surface area contributed by atoms with E-state index >= 15 is 0 Å². The smallest absolute Gasteiger partial charge is 0.307 e. The molecule has 0 aliphatic carbocycles. The monoisotopic (exact) mass is 390 g/mol. The SMILES string of the molecule is Cc1cnc(Nc2ccnn2C)nc1-c1coc(C(=O)NCc2ccccn2)n1. The fourth-order valence-electron chi connectivity index (χ4n) is 2.61. The number of pyridine rings is 1. The Kier molecular flexibility index (Phi) is 4.97. The van der Waals surface area contributed by atoms with E-state index in [1.807, 2.05) is 38.2 Å². The molecule has 0 aromatic carbocycles. The molecule has 0 atom stereocenters. The molecule has 10 nitrogen and oxygen atoms in total. The first-order chi connectivity index (χ1) is 14.1. The van der Waals surface area contributed by atoms with E-state index in [4.69, 9.17) is 4.42 Å². The lowest BCUT2D eigenvalue weighted by Crippen LogP contribution is -2.23. The zero-order valence-electron chi connectivity index (χ0n) is 15.8. The van der Waals surface area contributed by atoms with Gasteiger partial charge in [0.05, 0.1) is 18.4 Å². The van der Waals surface area contributed by atoms with Crippen molar-refractivity contribution >= 4 is 17.7 Å². The number of oxazole rings is 1. The van der Waals surface area contributed by atoms with Crippen LogP contribution in [0.3, 0.4) is 0 Å². The van der Waals surface area contributed by atoms with Gasteiger partial charge in [0.15, 0.2) is 0 Å². The molecule has 0 unspecified atom stereocenters. The van der Waals surface area contributed by atoms with Gasteiger partial charge in [-0.25, -0.2) is 15.0 Å². The first-order valence-corrected chi connectivity index (χ1v) is 8.83. The Bertz CT molecular complexity index is 1140. The van der Waals surface area contributed by atoms with E-state index in [-0.39, 0.29) is 12.4 Å². The number of nitrogens with zero attached hydrogens (tertiary/aromatic N) is 6. The largest absolute Gasteiger partial charge is 0.440 e. The van der Waals surface area contributed by atoms with Crippen LogP contribution < -0.4 is 10.6 Å². The van der Waals surface area contributed by atoms with Crippen LogP contribution in [0.4, 0.5) is 11.8 Å². The predicted octanol–water partition coefficient (Wildman–Crippen LogP) is 2.24. The third-order valence-corrected chi connectivity index (χ3v) is 4.13. The second kappa shape index (κ2) is 7.89. The lowest BCUT2D eigenvalue weighted by Gasteiger charge is -2.07. The van der Waals surface area contributed by atoms with Gasteiger partial charge in [-0.3, -0.25) is 14.5 Å².